The fourth-order valence-corrected chi connectivity index (χ4v) is 4.20. The summed E-state index contributed by atoms with van der Waals surface area (Å²) >= 11 is 0. The smallest absolute Gasteiger partial charge is 0.220 e. The van der Waals surface area contributed by atoms with Crippen LogP contribution >= 0.6 is 0 Å². The molecule has 6 aromatic rings. The third-order valence-electron chi connectivity index (χ3n) is 5.55. The van der Waals surface area contributed by atoms with Crippen molar-refractivity contribution >= 4 is 33.5 Å². The Morgan fingerprint density at radius 3 is 2.20 bits per heavy atom. The molecule has 0 radical (unpaired) electrons. The van der Waals surface area contributed by atoms with Gasteiger partial charge in [-0.1, -0.05) is 48.5 Å². The summed E-state index contributed by atoms with van der Waals surface area (Å²) in [4.78, 5) is 4.90. The number of benzene rings is 4. The van der Waals surface area contributed by atoms with Gasteiger partial charge in [0.2, 0.25) is 5.78 Å². The molecule has 0 spiro atoms. The minimum absolute atomic E-state index is 0.321. The molecule has 0 aliphatic carbocycles. The molecule has 0 saturated heterocycles. The maximum absolute atomic E-state index is 15.2. The van der Waals surface area contributed by atoms with Crippen LogP contribution in [0.3, 0.4) is 0 Å². The maximum atomic E-state index is 15.2. The highest BCUT2D eigenvalue weighted by Crippen LogP contribution is 2.34. The number of nitrogen functional groups attached to an aromatic ring is 1. The molecule has 0 fully saturated rings. The summed E-state index contributed by atoms with van der Waals surface area (Å²) in [6.45, 7) is 0. The molecule has 0 amide bonds. The monoisotopic (exact) mass is 392 g/mol. The van der Waals surface area contributed by atoms with Crippen LogP contribution in [0.1, 0.15) is 0 Å². The lowest BCUT2D eigenvalue weighted by molar-refractivity contribution is 0.633. The van der Waals surface area contributed by atoms with Crippen LogP contribution in [0.15, 0.2) is 91.0 Å². The lowest BCUT2D eigenvalue weighted by Gasteiger charge is -2.07. The number of hydrogen-bond acceptors (Lipinski definition) is 2. The second kappa shape index (κ2) is 6.19. The van der Waals surface area contributed by atoms with Crippen LogP contribution in [0, 0.1) is 5.82 Å². The molecule has 4 nitrogen and oxygen atoms in total. The number of anilines is 1. The van der Waals surface area contributed by atoms with E-state index in [1.807, 2.05) is 71.1 Å². The Hall–Kier alpha value is -4.12. The summed E-state index contributed by atoms with van der Waals surface area (Å²) in [6, 6.07) is 28.8. The van der Waals surface area contributed by atoms with Gasteiger partial charge >= 0.3 is 0 Å². The van der Waals surface area contributed by atoms with Crippen molar-refractivity contribution in [2.45, 2.75) is 0 Å². The molecule has 0 atom stereocenters. The van der Waals surface area contributed by atoms with E-state index in [-0.39, 0.29) is 5.82 Å². The third kappa shape index (κ3) is 2.29. The van der Waals surface area contributed by atoms with Crippen molar-refractivity contribution in [3.8, 4) is 16.8 Å². The topological polar surface area (TPSA) is 48.2 Å². The SMILES string of the molecule is Nc1ccccc1-c1cc2nc3n(-c4ccccc4)c4ccccc4n3c2cc1F. The number of rotatable bonds is 2. The Kier molecular flexibility index (Phi) is 3.47. The molecule has 0 unspecified atom stereocenters. The summed E-state index contributed by atoms with van der Waals surface area (Å²) in [7, 11) is 0. The van der Waals surface area contributed by atoms with Crippen LogP contribution in [0.4, 0.5) is 10.1 Å². The molecule has 2 N–H and O–H groups in total. The Labute approximate surface area is 171 Å². The molecule has 4 aromatic carbocycles. The number of para-hydroxylation sites is 4. The molecule has 0 saturated carbocycles. The minimum atomic E-state index is -0.321. The second-order valence-electron chi connectivity index (χ2n) is 7.31. The normalized spacial score (nSPS) is 11.6. The van der Waals surface area contributed by atoms with Gasteiger partial charge in [0.1, 0.15) is 5.82 Å². The zero-order valence-corrected chi connectivity index (χ0v) is 16.0. The molecule has 0 aliphatic heterocycles. The van der Waals surface area contributed by atoms with Gasteiger partial charge in [0.25, 0.3) is 0 Å². The van der Waals surface area contributed by atoms with Gasteiger partial charge in [-0.3, -0.25) is 8.97 Å². The molecule has 30 heavy (non-hydrogen) atoms. The van der Waals surface area contributed by atoms with E-state index in [0.29, 0.717) is 16.8 Å². The minimum Gasteiger partial charge on any atom is -0.398 e. The average Bonchev–Trinajstić information content (AvgIpc) is 3.28. The molecule has 0 aliphatic rings. The molecule has 0 bridgehead atoms. The Morgan fingerprint density at radius 1 is 0.700 bits per heavy atom. The Balaban J connectivity index is 1.73. The van der Waals surface area contributed by atoms with Crippen molar-refractivity contribution in [2.75, 3.05) is 5.73 Å². The first-order valence-corrected chi connectivity index (χ1v) is 9.74. The van der Waals surface area contributed by atoms with Crippen molar-refractivity contribution in [1.29, 1.82) is 0 Å². The van der Waals surface area contributed by atoms with Gasteiger partial charge in [0.05, 0.1) is 22.1 Å². The van der Waals surface area contributed by atoms with Crippen LogP contribution in [-0.4, -0.2) is 14.0 Å². The van der Waals surface area contributed by atoms with E-state index in [0.717, 1.165) is 33.5 Å². The number of fused-ring (bicyclic) bond motifs is 5. The van der Waals surface area contributed by atoms with Gasteiger partial charge in [-0.25, -0.2) is 9.37 Å². The van der Waals surface area contributed by atoms with Crippen LogP contribution in [0.5, 0.6) is 0 Å². The number of aromatic nitrogens is 3. The molecular formula is C25H17FN4. The van der Waals surface area contributed by atoms with Gasteiger partial charge in [-0.15, -0.1) is 0 Å². The number of halogens is 1. The first-order chi connectivity index (χ1) is 14.7. The number of hydrogen-bond donors (Lipinski definition) is 1. The molecule has 144 valence electrons. The molecule has 2 heterocycles. The first kappa shape index (κ1) is 16.8. The Bertz CT molecular complexity index is 1560. The molecular weight excluding hydrogens is 375 g/mol. The van der Waals surface area contributed by atoms with Gasteiger partial charge in [-0.05, 0) is 36.4 Å². The van der Waals surface area contributed by atoms with Crippen molar-refractivity contribution in [3.05, 3.63) is 96.8 Å². The third-order valence-corrected chi connectivity index (χ3v) is 5.55. The van der Waals surface area contributed by atoms with E-state index < -0.39 is 0 Å². The van der Waals surface area contributed by atoms with Gasteiger partial charge < -0.3 is 5.73 Å². The summed E-state index contributed by atoms with van der Waals surface area (Å²) in [5.41, 5.74) is 12.2. The van der Waals surface area contributed by atoms with E-state index in [2.05, 4.69) is 10.6 Å². The number of nitrogens with two attached hydrogens (primary N) is 1. The Morgan fingerprint density at radius 2 is 1.40 bits per heavy atom. The second-order valence-corrected chi connectivity index (χ2v) is 7.31. The van der Waals surface area contributed by atoms with Crippen molar-refractivity contribution in [1.82, 2.24) is 14.0 Å². The van der Waals surface area contributed by atoms with E-state index in [9.17, 15) is 0 Å². The van der Waals surface area contributed by atoms with Crippen molar-refractivity contribution < 1.29 is 4.39 Å². The van der Waals surface area contributed by atoms with Crippen LogP contribution in [0.2, 0.25) is 0 Å². The van der Waals surface area contributed by atoms with E-state index >= 15 is 4.39 Å². The van der Waals surface area contributed by atoms with Gasteiger partial charge in [0.15, 0.2) is 0 Å². The number of imidazole rings is 2. The highest BCUT2D eigenvalue weighted by atomic mass is 19.1. The van der Waals surface area contributed by atoms with Crippen LogP contribution in [0.25, 0.3) is 44.7 Å². The summed E-state index contributed by atoms with van der Waals surface area (Å²) < 4.78 is 19.3. The van der Waals surface area contributed by atoms with Gasteiger partial charge in [0, 0.05) is 28.6 Å². The van der Waals surface area contributed by atoms with E-state index in [1.54, 1.807) is 18.2 Å². The highest BCUT2D eigenvalue weighted by molar-refractivity contribution is 5.94. The largest absolute Gasteiger partial charge is 0.398 e. The van der Waals surface area contributed by atoms with Gasteiger partial charge in [-0.2, -0.15) is 0 Å². The molecule has 2 aromatic heterocycles. The summed E-state index contributed by atoms with van der Waals surface area (Å²) in [6.07, 6.45) is 0. The maximum Gasteiger partial charge on any atom is 0.220 e. The van der Waals surface area contributed by atoms with E-state index in [4.69, 9.17) is 10.7 Å². The lowest BCUT2D eigenvalue weighted by Crippen LogP contribution is -1.94. The predicted molar refractivity (Wildman–Crippen MR) is 119 cm³/mol. The quantitative estimate of drug-likeness (QED) is 0.378. The predicted octanol–water partition coefficient (Wildman–Crippen LogP) is 5.82. The average molecular weight is 392 g/mol. The van der Waals surface area contributed by atoms with Crippen molar-refractivity contribution in [3.63, 3.8) is 0 Å². The molecule has 6 rings (SSSR count). The summed E-state index contributed by atoms with van der Waals surface area (Å²) in [5, 5.41) is 0. The van der Waals surface area contributed by atoms with Crippen LogP contribution < -0.4 is 5.73 Å². The fraction of sp³-hybridized carbons (Fsp3) is 0. The zero-order valence-electron chi connectivity index (χ0n) is 16.0. The first-order valence-electron chi connectivity index (χ1n) is 9.74. The summed E-state index contributed by atoms with van der Waals surface area (Å²) in [5.74, 6) is 0.425. The van der Waals surface area contributed by atoms with Crippen LogP contribution in [-0.2, 0) is 0 Å². The molecule has 5 heteroatoms. The fourth-order valence-electron chi connectivity index (χ4n) is 4.20. The lowest BCUT2D eigenvalue weighted by atomic mass is 10.0. The standard InChI is InChI=1S/C25H17FN4/c26-19-15-24-21(14-18(19)17-10-4-5-11-20(17)27)28-25-29(16-8-2-1-3-9-16)22-12-6-7-13-23(22)30(24)25/h1-15H,27H2. The van der Waals surface area contributed by atoms with E-state index in [1.165, 1.54) is 0 Å². The number of nitrogens with zero attached hydrogens (tertiary/aromatic N) is 3. The van der Waals surface area contributed by atoms with Crippen molar-refractivity contribution in [2.24, 2.45) is 0 Å². The highest BCUT2D eigenvalue weighted by Gasteiger charge is 2.19. The zero-order chi connectivity index (χ0) is 20.2.